The molecule has 0 bridgehead atoms. The number of hydrogen-bond donors (Lipinski definition) is 4. The van der Waals surface area contributed by atoms with E-state index in [4.69, 9.17) is 0 Å². The molecule has 5 nitrogen and oxygen atoms in total. The standard InChI is InChI=1S/C10H13N3O2/c14-8-4-2-1-3-7(8)12-10-11-6-5-9(15)13-10/h1-4,10-12,14H,5-6H2,(H,13,15). The van der Waals surface area contributed by atoms with Gasteiger partial charge in [0, 0.05) is 13.0 Å². The maximum absolute atomic E-state index is 11.1. The summed E-state index contributed by atoms with van der Waals surface area (Å²) >= 11 is 0. The van der Waals surface area contributed by atoms with E-state index in [2.05, 4.69) is 16.0 Å². The summed E-state index contributed by atoms with van der Waals surface area (Å²) in [5.74, 6) is 0.167. The monoisotopic (exact) mass is 207 g/mol. The predicted octanol–water partition coefficient (Wildman–Crippen LogP) is 0.197. The van der Waals surface area contributed by atoms with Gasteiger partial charge in [0.2, 0.25) is 5.91 Å². The number of carbonyl (C=O) groups is 1. The smallest absolute Gasteiger partial charge is 0.223 e. The van der Waals surface area contributed by atoms with Crippen molar-refractivity contribution in [1.82, 2.24) is 10.6 Å². The fourth-order valence-corrected chi connectivity index (χ4v) is 1.45. The molecule has 1 saturated heterocycles. The molecule has 1 amide bonds. The minimum absolute atomic E-state index is 0.00155. The Hall–Kier alpha value is -1.75. The molecule has 1 fully saturated rings. The number of rotatable bonds is 2. The van der Waals surface area contributed by atoms with E-state index in [1.165, 1.54) is 0 Å². The van der Waals surface area contributed by atoms with Crippen LogP contribution in [0.5, 0.6) is 5.75 Å². The normalized spacial score (nSPS) is 20.8. The molecule has 1 aliphatic heterocycles. The van der Waals surface area contributed by atoms with E-state index in [-0.39, 0.29) is 17.9 Å². The molecule has 1 aromatic carbocycles. The summed E-state index contributed by atoms with van der Waals surface area (Å²) in [5.41, 5.74) is 0.595. The Labute approximate surface area is 87.5 Å². The lowest BCUT2D eigenvalue weighted by Gasteiger charge is -2.26. The van der Waals surface area contributed by atoms with Crippen LogP contribution in [-0.2, 0) is 4.79 Å². The second-order valence-corrected chi connectivity index (χ2v) is 3.37. The highest BCUT2D eigenvalue weighted by molar-refractivity contribution is 5.77. The summed E-state index contributed by atoms with van der Waals surface area (Å²) in [6, 6.07) is 6.89. The molecule has 0 aromatic heterocycles. The third-order valence-electron chi connectivity index (χ3n) is 2.21. The predicted molar refractivity (Wildman–Crippen MR) is 56.3 cm³/mol. The molecule has 1 atom stereocenters. The molecule has 0 saturated carbocycles. The molecule has 1 unspecified atom stereocenters. The van der Waals surface area contributed by atoms with Gasteiger partial charge in [-0.1, -0.05) is 12.1 Å². The molecular formula is C10H13N3O2. The van der Waals surface area contributed by atoms with E-state index in [0.717, 1.165) is 0 Å². The molecule has 0 spiro atoms. The van der Waals surface area contributed by atoms with Crippen LogP contribution in [0, 0.1) is 0 Å². The van der Waals surface area contributed by atoms with E-state index in [9.17, 15) is 9.90 Å². The molecule has 2 rings (SSSR count). The first-order valence-corrected chi connectivity index (χ1v) is 4.83. The summed E-state index contributed by atoms with van der Waals surface area (Å²) in [6.45, 7) is 0.636. The minimum Gasteiger partial charge on any atom is -0.506 e. The Bertz CT molecular complexity index is 367. The summed E-state index contributed by atoms with van der Waals surface area (Å²) in [6.07, 6.45) is 0.165. The third-order valence-corrected chi connectivity index (χ3v) is 2.21. The van der Waals surface area contributed by atoms with Crippen molar-refractivity contribution in [3.8, 4) is 5.75 Å². The summed E-state index contributed by atoms with van der Waals surface area (Å²) < 4.78 is 0. The second-order valence-electron chi connectivity index (χ2n) is 3.37. The van der Waals surface area contributed by atoms with Gasteiger partial charge >= 0.3 is 0 Å². The Balaban J connectivity index is 2.02. The average molecular weight is 207 g/mol. The maximum Gasteiger partial charge on any atom is 0.223 e. The van der Waals surface area contributed by atoms with Crippen molar-refractivity contribution >= 4 is 11.6 Å². The van der Waals surface area contributed by atoms with Crippen molar-refractivity contribution in [1.29, 1.82) is 0 Å². The number of hydrogen-bond acceptors (Lipinski definition) is 4. The first-order chi connectivity index (χ1) is 7.25. The molecule has 1 aliphatic rings. The van der Waals surface area contributed by atoms with Crippen molar-refractivity contribution in [2.24, 2.45) is 0 Å². The van der Waals surface area contributed by atoms with Gasteiger partial charge in [0.1, 0.15) is 5.75 Å². The van der Waals surface area contributed by atoms with Gasteiger partial charge in [-0.15, -0.1) is 0 Å². The number of carbonyl (C=O) groups excluding carboxylic acids is 1. The van der Waals surface area contributed by atoms with E-state index >= 15 is 0 Å². The van der Waals surface area contributed by atoms with Crippen molar-refractivity contribution in [2.75, 3.05) is 11.9 Å². The molecule has 1 aromatic rings. The maximum atomic E-state index is 11.1. The quantitative estimate of drug-likeness (QED) is 0.523. The highest BCUT2D eigenvalue weighted by Gasteiger charge is 2.17. The topological polar surface area (TPSA) is 73.4 Å². The van der Waals surface area contributed by atoms with Crippen LogP contribution in [0.1, 0.15) is 6.42 Å². The molecule has 4 N–H and O–H groups in total. The lowest BCUT2D eigenvalue weighted by atomic mass is 10.3. The Kier molecular flexibility index (Phi) is 2.73. The van der Waals surface area contributed by atoms with Gasteiger partial charge in [-0.05, 0) is 12.1 Å². The van der Waals surface area contributed by atoms with Crippen LogP contribution in [0.3, 0.4) is 0 Å². The Morgan fingerprint density at radius 2 is 2.20 bits per heavy atom. The summed E-state index contributed by atoms with van der Waals surface area (Å²) in [5, 5.41) is 18.3. The van der Waals surface area contributed by atoms with Crippen LogP contribution in [-0.4, -0.2) is 23.8 Å². The van der Waals surface area contributed by atoms with Gasteiger partial charge in [0.25, 0.3) is 0 Å². The Morgan fingerprint density at radius 1 is 1.40 bits per heavy atom. The van der Waals surface area contributed by atoms with Crippen molar-refractivity contribution in [3.05, 3.63) is 24.3 Å². The zero-order chi connectivity index (χ0) is 10.7. The Morgan fingerprint density at radius 3 is 2.93 bits per heavy atom. The molecule has 0 radical (unpaired) electrons. The second kappa shape index (κ2) is 4.18. The number of phenolic OH excluding ortho intramolecular Hbond substituents is 1. The van der Waals surface area contributed by atoms with E-state index < -0.39 is 0 Å². The van der Waals surface area contributed by atoms with Crippen molar-refractivity contribution in [3.63, 3.8) is 0 Å². The molecule has 5 heteroatoms. The van der Waals surface area contributed by atoms with Gasteiger partial charge < -0.3 is 15.7 Å². The van der Waals surface area contributed by atoms with Gasteiger partial charge in [-0.2, -0.15) is 0 Å². The van der Waals surface area contributed by atoms with Crippen LogP contribution in [0.2, 0.25) is 0 Å². The van der Waals surface area contributed by atoms with Crippen molar-refractivity contribution < 1.29 is 9.90 Å². The van der Waals surface area contributed by atoms with Gasteiger partial charge in [-0.25, -0.2) is 0 Å². The van der Waals surface area contributed by atoms with E-state index in [1.807, 2.05) is 6.07 Å². The van der Waals surface area contributed by atoms with Gasteiger partial charge in [0.05, 0.1) is 5.69 Å². The number of amides is 1. The third kappa shape index (κ3) is 2.38. The largest absolute Gasteiger partial charge is 0.506 e. The lowest BCUT2D eigenvalue weighted by Crippen LogP contribution is -2.55. The highest BCUT2D eigenvalue weighted by Crippen LogP contribution is 2.21. The highest BCUT2D eigenvalue weighted by atomic mass is 16.3. The zero-order valence-electron chi connectivity index (χ0n) is 8.16. The van der Waals surface area contributed by atoms with Crippen LogP contribution in [0.4, 0.5) is 5.69 Å². The summed E-state index contributed by atoms with van der Waals surface area (Å²) in [4.78, 5) is 11.1. The fraction of sp³-hybridized carbons (Fsp3) is 0.300. The number of aromatic hydroxyl groups is 1. The fourth-order valence-electron chi connectivity index (χ4n) is 1.45. The first kappa shape index (κ1) is 9.79. The number of benzene rings is 1. The van der Waals surface area contributed by atoms with Crippen LogP contribution in [0.15, 0.2) is 24.3 Å². The molecule has 1 heterocycles. The summed E-state index contributed by atoms with van der Waals surface area (Å²) in [7, 11) is 0. The molecule has 80 valence electrons. The van der Waals surface area contributed by atoms with Crippen molar-refractivity contribution in [2.45, 2.75) is 12.7 Å². The number of nitrogens with one attached hydrogen (secondary N) is 3. The number of anilines is 1. The minimum atomic E-state index is -0.320. The van der Waals surface area contributed by atoms with Crippen LogP contribution >= 0.6 is 0 Å². The molecular weight excluding hydrogens is 194 g/mol. The first-order valence-electron chi connectivity index (χ1n) is 4.83. The van der Waals surface area contributed by atoms with Crippen LogP contribution < -0.4 is 16.0 Å². The van der Waals surface area contributed by atoms with E-state index in [1.54, 1.807) is 18.2 Å². The average Bonchev–Trinajstić information content (AvgIpc) is 2.22. The zero-order valence-corrected chi connectivity index (χ0v) is 8.16. The SMILES string of the molecule is O=C1CCNC(Nc2ccccc2O)N1. The molecule has 15 heavy (non-hydrogen) atoms. The molecule has 0 aliphatic carbocycles. The lowest BCUT2D eigenvalue weighted by molar-refractivity contribution is -0.123. The van der Waals surface area contributed by atoms with Gasteiger partial charge in [0.15, 0.2) is 6.29 Å². The number of para-hydroxylation sites is 2. The van der Waals surface area contributed by atoms with Crippen LogP contribution in [0.25, 0.3) is 0 Å². The van der Waals surface area contributed by atoms with Gasteiger partial charge in [-0.3, -0.25) is 10.1 Å². The van der Waals surface area contributed by atoms with E-state index in [0.29, 0.717) is 18.7 Å². The number of phenols is 1.